The lowest BCUT2D eigenvalue weighted by atomic mass is 10.2. The Morgan fingerprint density at radius 2 is 1.88 bits per heavy atom. The molecule has 5 nitrogen and oxygen atoms in total. The molecule has 0 fully saturated rings. The molecular weight excluding hydrogens is 321 g/mol. The van der Waals surface area contributed by atoms with Crippen LogP contribution in [0, 0.1) is 0 Å². The van der Waals surface area contributed by atoms with Gasteiger partial charge in [-0.25, -0.2) is 0 Å². The summed E-state index contributed by atoms with van der Waals surface area (Å²) in [5, 5.41) is 4.40. The largest absolute Gasteiger partial charge is 0.471 e. The zero-order valence-corrected chi connectivity index (χ0v) is 12.0. The van der Waals surface area contributed by atoms with E-state index in [9.17, 15) is 13.2 Å². The molecule has 0 atom stereocenters. The van der Waals surface area contributed by atoms with Crippen molar-refractivity contribution < 1.29 is 17.7 Å². The average Bonchev–Trinajstić information content (AvgIpc) is 3.21. The summed E-state index contributed by atoms with van der Waals surface area (Å²) in [6.07, 6.45) is -3.18. The summed E-state index contributed by atoms with van der Waals surface area (Å²) in [6.45, 7) is 0. The van der Waals surface area contributed by atoms with E-state index < -0.39 is 12.1 Å². The van der Waals surface area contributed by atoms with Crippen molar-refractivity contribution in [2.24, 2.45) is 0 Å². The third kappa shape index (κ3) is 2.51. The number of aromatic nitrogens is 4. The van der Waals surface area contributed by atoms with Crippen molar-refractivity contribution in [1.29, 1.82) is 0 Å². The maximum absolute atomic E-state index is 12.6. The summed E-state index contributed by atoms with van der Waals surface area (Å²) < 4.78 is 42.0. The number of hydrogen-bond donors (Lipinski definition) is 1. The van der Waals surface area contributed by atoms with Crippen LogP contribution in [0.15, 0.2) is 53.2 Å². The molecule has 24 heavy (non-hydrogen) atoms. The van der Waals surface area contributed by atoms with Crippen molar-refractivity contribution in [3.8, 4) is 22.8 Å². The molecule has 4 aromatic rings. The van der Waals surface area contributed by atoms with Gasteiger partial charge in [-0.3, -0.25) is 4.98 Å². The van der Waals surface area contributed by atoms with Crippen LogP contribution < -0.4 is 0 Å². The van der Waals surface area contributed by atoms with Gasteiger partial charge in [0.15, 0.2) is 0 Å². The molecule has 120 valence electrons. The fourth-order valence-electron chi connectivity index (χ4n) is 2.38. The maximum atomic E-state index is 12.6. The minimum absolute atomic E-state index is 0.137. The molecule has 0 unspecified atom stereocenters. The topological polar surface area (TPSA) is 67.6 Å². The number of pyridine rings is 1. The van der Waals surface area contributed by atoms with Gasteiger partial charge < -0.3 is 9.51 Å². The van der Waals surface area contributed by atoms with Gasteiger partial charge in [0.2, 0.25) is 5.82 Å². The summed E-state index contributed by atoms with van der Waals surface area (Å²) in [6, 6.07) is 12.8. The highest BCUT2D eigenvalue weighted by Gasteiger charge is 2.38. The van der Waals surface area contributed by atoms with Crippen LogP contribution in [-0.4, -0.2) is 20.1 Å². The zero-order chi connectivity index (χ0) is 16.7. The fourth-order valence-corrected chi connectivity index (χ4v) is 2.38. The summed E-state index contributed by atoms with van der Waals surface area (Å²) >= 11 is 0. The number of nitrogens with one attached hydrogen (secondary N) is 1. The lowest BCUT2D eigenvalue weighted by Crippen LogP contribution is -2.04. The SMILES string of the molecule is FC(F)(F)c1nc(-c2ccnc(-c3cc4ccccc4[nH]3)c2)no1. The number of benzene rings is 1. The van der Waals surface area contributed by atoms with Gasteiger partial charge in [0, 0.05) is 22.7 Å². The lowest BCUT2D eigenvalue weighted by Gasteiger charge is -1.99. The van der Waals surface area contributed by atoms with E-state index in [-0.39, 0.29) is 5.82 Å². The van der Waals surface area contributed by atoms with Gasteiger partial charge in [-0.05, 0) is 24.3 Å². The van der Waals surface area contributed by atoms with E-state index in [2.05, 4.69) is 24.6 Å². The Balaban J connectivity index is 1.74. The minimum Gasteiger partial charge on any atom is -0.353 e. The summed E-state index contributed by atoms with van der Waals surface area (Å²) in [5.41, 5.74) is 2.65. The van der Waals surface area contributed by atoms with Crippen LogP contribution in [0.25, 0.3) is 33.7 Å². The molecule has 0 amide bonds. The van der Waals surface area contributed by atoms with Gasteiger partial charge >= 0.3 is 12.1 Å². The Bertz CT molecular complexity index is 986. The molecule has 0 saturated heterocycles. The Hall–Kier alpha value is -3.16. The van der Waals surface area contributed by atoms with Gasteiger partial charge in [-0.1, -0.05) is 23.4 Å². The summed E-state index contributed by atoms with van der Waals surface area (Å²) in [7, 11) is 0. The monoisotopic (exact) mass is 330 g/mol. The van der Waals surface area contributed by atoms with Crippen LogP contribution in [0.4, 0.5) is 13.2 Å². The third-order valence-electron chi connectivity index (χ3n) is 3.49. The summed E-state index contributed by atoms with van der Waals surface area (Å²) in [4.78, 5) is 10.8. The fraction of sp³-hybridized carbons (Fsp3) is 0.0625. The van der Waals surface area contributed by atoms with Crippen molar-refractivity contribution in [1.82, 2.24) is 20.1 Å². The number of fused-ring (bicyclic) bond motifs is 1. The number of hydrogen-bond acceptors (Lipinski definition) is 4. The van der Waals surface area contributed by atoms with Crippen LogP contribution in [0.3, 0.4) is 0 Å². The molecule has 0 saturated carbocycles. The standard InChI is InChI=1S/C16H9F3N4O/c17-16(18,19)15-22-14(23-24-15)10-5-6-20-12(8-10)13-7-9-3-1-2-4-11(9)21-13/h1-8,21H. The van der Waals surface area contributed by atoms with Crippen LogP contribution in [-0.2, 0) is 6.18 Å². The molecule has 0 aliphatic carbocycles. The molecule has 3 aromatic heterocycles. The first kappa shape index (κ1) is 14.4. The highest BCUT2D eigenvalue weighted by Crippen LogP contribution is 2.30. The smallest absolute Gasteiger partial charge is 0.353 e. The van der Waals surface area contributed by atoms with Gasteiger partial charge in [-0.15, -0.1) is 0 Å². The molecule has 8 heteroatoms. The second kappa shape index (κ2) is 5.19. The van der Waals surface area contributed by atoms with Crippen molar-refractivity contribution in [2.75, 3.05) is 0 Å². The molecule has 0 aliphatic heterocycles. The predicted molar refractivity (Wildman–Crippen MR) is 79.8 cm³/mol. The van der Waals surface area contributed by atoms with Crippen molar-refractivity contribution in [3.05, 3.63) is 54.6 Å². The quantitative estimate of drug-likeness (QED) is 0.595. The molecule has 0 aliphatic rings. The number of para-hydroxylation sites is 1. The first-order chi connectivity index (χ1) is 11.5. The number of aromatic amines is 1. The summed E-state index contributed by atoms with van der Waals surface area (Å²) in [5.74, 6) is -1.51. The molecule has 1 aromatic carbocycles. The maximum Gasteiger partial charge on any atom is 0.471 e. The minimum atomic E-state index is -4.67. The normalized spacial score (nSPS) is 12.0. The molecule has 3 heterocycles. The van der Waals surface area contributed by atoms with E-state index >= 15 is 0 Å². The first-order valence-electron chi connectivity index (χ1n) is 6.96. The highest BCUT2D eigenvalue weighted by atomic mass is 19.4. The van der Waals surface area contributed by atoms with Crippen molar-refractivity contribution in [3.63, 3.8) is 0 Å². The molecule has 0 radical (unpaired) electrons. The number of nitrogens with zero attached hydrogens (tertiary/aromatic N) is 3. The van der Waals surface area contributed by atoms with Crippen molar-refractivity contribution in [2.45, 2.75) is 6.18 Å². The number of rotatable bonds is 2. The van der Waals surface area contributed by atoms with E-state index in [0.717, 1.165) is 16.6 Å². The van der Waals surface area contributed by atoms with E-state index in [0.29, 0.717) is 11.3 Å². The molecule has 1 N–H and O–H groups in total. The number of alkyl halides is 3. The second-order valence-corrected chi connectivity index (χ2v) is 5.12. The molecule has 4 rings (SSSR count). The Morgan fingerprint density at radius 3 is 2.62 bits per heavy atom. The second-order valence-electron chi connectivity index (χ2n) is 5.12. The van der Waals surface area contributed by atoms with Gasteiger partial charge in [0.1, 0.15) is 0 Å². The van der Waals surface area contributed by atoms with Gasteiger partial charge in [0.25, 0.3) is 0 Å². The molecule has 0 spiro atoms. The van der Waals surface area contributed by atoms with Gasteiger partial charge in [-0.2, -0.15) is 18.2 Å². The van der Waals surface area contributed by atoms with E-state index in [1.54, 1.807) is 6.07 Å². The molecule has 0 bridgehead atoms. The zero-order valence-electron chi connectivity index (χ0n) is 12.0. The number of H-pyrrole nitrogens is 1. The average molecular weight is 330 g/mol. The van der Waals surface area contributed by atoms with Crippen LogP contribution in [0.5, 0.6) is 0 Å². The van der Waals surface area contributed by atoms with Crippen molar-refractivity contribution >= 4 is 10.9 Å². The number of halogens is 3. The Kier molecular flexibility index (Phi) is 3.12. The third-order valence-corrected chi connectivity index (χ3v) is 3.49. The molecular formula is C16H9F3N4O. The van der Waals surface area contributed by atoms with Crippen LogP contribution >= 0.6 is 0 Å². The van der Waals surface area contributed by atoms with E-state index in [4.69, 9.17) is 0 Å². The Labute approximate surface area is 133 Å². The lowest BCUT2D eigenvalue weighted by molar-refractivity contribution is -0.159. The first-order valence-corrected chi connectivity index (χ1v) is 6.96. The van der Waals surface area contributed by atoms with Gasteiger partial charge in [0.05, 0.1) is 11.4 Å². The van der Waals surface area contributed by atoms with E-state index in [1.807, 2.05) is 30.3 Å². The Morgan fingerprint density at radius 1 is 1.04 bits per heavy atom. The predicted octanol–water partition coefficient (Wildman–Crippen LogP) is 4.30. The van der Waals surface area contributed by atoms with Crippen LogP contribution in [0.2, 0.25) is 0 Å². The van der Waals surface area contributed by atoms with Crippen LogP contribution in [0.1, 0.15) is 5.89 Å². The highest BCUT2D eigenvalue weighted by molar-refractivity contribution is 5.85. The van der Waals surface area contributed by atoms with E-state index in [1.165, 1.54) is 12.3 Å².